The third-order valence-electron chi connectivity index (χ3n) is 3.57. The van der Waals surface area contributed by atoms with Crippen LogP contribution in [-0.2, 0) is 6.54 Å². The van der Waals surface area contributed by atoms with Crippen molar-refractivity contribution in [1.82, 2.24) is 10.2 Å². The van der Waals surface area contributed by atoms with E-state index in [1.165, 1.54) is 4.90 Å². The first-order chi connectivity index (χ1) is 12.5. The van der Waals surface area contributed by atoms with E-state index in [9.17, 15) is 9.59 Å². The standard InChI is InChI=1S/C20H22N4O2/c1-15(2)22-20(26)23-18-10-8-17(9-11-18)19(25)24(13-12-21)14-16-6-4-3-5-7-16/h3-11,15H,13-14H2,1-2H3,(H2,22,23,26). The number of carbonyl (C=O) groups excluding carboxylic acids is 2. The highest BCUT2D eigenvalue weighted by molar-refractivity contribution is 5.95. The third-order valence-corrected chi connectivity index (χ3v) is 3.57. The Morgan fingerprint density at radius 2 is 1.73 bits per heavy atom. The maximum Gasteiger partial charge on any atom is 0.319 e. The second-order valence-electron chi connectivity index (χ2n) is 6.14. The summed E-state index contributed by atoms with van der Waals surface area (Å²) in [6, 6.07) is 17.9. The number of carbonyl (C=O) groups is 2. The number of hydrogen-bond donors (Lipinski definition) is 2. The summed E-state index contributed by atoms with van der Waals surface area (Å²) in [5.74, 6) is -0.228. The zero-order valence-corrected chi connectivity index (χ0v) is 14.9. The minimum Gasteiger partial charge on any atom is -0.336 e. The van der Waals surface area contributed by atoms with Crippen molar-refractivity contribution in [1.29, 1.82) is 5.26 Å². The fourth-order valence-corrected chi connectivity index (χ4v) is 2.40. The van der Waals surface area contributed by atoms with Crippen LogP contribution in [0.4, 0.5) is 10.5 Å². The van der Waals surface area contributed by atoms with Crippen LogP contribution in [0.15, 0.2) is 54.6 Å². The predicted molar refractivity (Wildman–Crippen MR) is 101 cm³/mol. The minimum absolute atomic E-state index is 0.00449. The van der Waals surface area contributed by atoms with Crippen molar-refractivity contribution in [2.45, 2.75) is 26.4 Å². The Balaban J connectivity index is 2.06. The lowest BCUT2D eigenvalue weighted by Gasteiger charge is -2.20. The van der Waals surface area contributed by atoms with E-state index >= 15 is 0 Å². The fourth-order valence-electron chi connectivity index (χ4n) is 2.40. The summed E-state index contributed by atoms with van der Waals surface area (Å²) in [5, 5.41) is 14.5. The minimum atomic E-state index is -0.297. The van der Waals surface area contributed by atoms with Gasteiger partial charge in [-0.3, -0.25) is 4.79 Å². The molecule has 6 nitrogen and oxygen atoms in total. The molecule has 0 spiro atoms. The summed E-state index contributed by atoms with van der Waals surface area (Å²) in [5.41, 5.74) is 2.01. The molecule has 2 N–H and O–H groups in total. The quantitative estimate of drug-likeness (QED) is 0.783. The highest BCUT2D eigenvalue weighted by Gasteiger charge is 2.16. The summed E-state index contributed by atoms with van der Waals surface area (Å²) in [6.45, 7) is 4.12. The molecular weight excluding hydrogens is 328 g/mol. The van der Waals surface area contributed by atoms with E-state index in [0.717, 1.165) is 5.56 Å². The average molecular weight is 350 g/mol. The zero-order chi connectivity index (χ0) is 18.9. The molecule has 26 heavy (non-hydrogen) atoms. The second-order valence-corrected chi connectivity index (χ2v) is 6.14. The van der Waals surface area contributed by atoms with Gasteiger partial charge in [0.1, 0.15) is 6.54 Å². The van der Waals surface area contributed by atoms with E-state index in [2.05, 4.69) is 10.6 Å². The van der Waals surface area contributed by atoms with E-state index in [0.29, 0.717) is 17.8 Å². The molecule has 0 aliphatic heterocycles. The van der Waals surface area contributed by atoms with Crippen molar-refractivity contribution < 1.29 is 9.59 Å². The number of nitrogens with zero attached hydrogens (tertiary/aromatic N) is 2. The van der Waals surface area contributed by atoms with E-state index in [4.69, 9.17) is 5.26 Å². The summed E-state index contributed by atoms with van der Waals surface area (Å²) >= 11 is 0. The number of hydrogen-bond acceptors (Lipinski definition) is 3. The van der Waals surface area contributed by atoms with E-state index in [1.807, 2.05) is 50.2 Å². The van der Waals surface area contributed by atoms with Crippen LogP contribution in [0.5, 0.6) is 0 Å². The molecule has 0 aliphatic carbocycles. The van der Waals surface area contributed by atoms with Gasteiger partial charge in [-0.2, -0.15) is 5.26 Å². The molecule has 0 aliphatic rings. The molecule has 0 radical (unpaired) electrons. The number of benzene rings is 2. The van der Waals surface area contributed by atoms with Crippen LogP contribution >= 0.6 is 0 Å². The van der Waals surface area contributed by atoms with Crippen LogP contribution in [0.1, 0.15) is 29.8 Å². The summed E-state index contributed by atoms with van der Waals surface area (Å²) in [6.07, 6.45) is 0. The van der Waals surface area contributed by atoms with Crippen molar-refractivity contribution in [2.24, 2.45) is 0 Å². The number of rotatable bonds is 6. The molecule has 0 bridgehead atoms. The number of nitriles is 1. The number of anilines is 1. The van der Waals surface area contributed by atoms with Crippen molar-refractivity contribution in [3.8, 4) is 6.07 Å². The smallest absolute Gasteiger partial charge is 0.319 e. The van der Waals surface area contributed by atoms with Crippen LogP contribution in [-0.4, -0.2) is 29.4 Å². The second kappa shape index (κ2) is 9.23. The fraction of sp³-hybridized carbons (Fsp3) is 0.250. The lowest BCUT2D eigenvalue weighted by Crippen LogP contribution is -2.34. The van der Waals surface area contributed by atoms with E-state index in [-0.39, 0.29) is 24.5 Å². The highest BCUT2D eigenvalue weighted by Crippen LogP contribution is 2.14. The maximum absolute atomic E-state index is 12.7. The Kier molecular flexibility index (Phi) is 6.75. The third kappa shape index (κ3) is 5.64. The molecule has 2 aromatic rings. The van der Waals surface area contributed by atoms with Crippen LogP contribution in [0, 0.1) is 11.3 Å². The first-order valence-electron chi connectivity index (χ1n) is 8.37. The van der Waals surface area contributed by atoms with Gasteiger partial charge in [0.05, 0.1) is 6.07 Å². The van der Waals surface area contributed by atoms with Gasteiger partial charge in [0.2, 0.25) is 0 Å². The van der Waals surface area contributed by atoms with Gasteiger partial charge in [0, 0.05) is 23.8 Å². The molecule has 0 saturated carbocycles. The van der Waals surface area contributed by atoms with Gasteiger partial charge in [-0.15, -0.1) is 0 Å². The predicted octanol–water partition coefficient (Wildman–Crippen LogP) is 3.38. The number of amides is 3. The maximum atomic E-state index is 12.7. The van der Waals surface area contributed by atoms with Gasteiger partial charge < -0.3 is 15.5 Å². The molecule has 2 rings (SSSR count). The van der Waals surface area contributed by atoms with E-state index < -0.39 is 0 Å². The molecule has 0 atom stereocenters. The van der Waals surface area contributed by atoms with Crippen molar-refractivity contribution in [2.75, 3.05) is 11.9 Å². The average Bonchev–Trinajstić information content (AvgIpc) is 2.61. The van der Waals surface area contributed by atoms with Crippen LogP contribution in [0.2, 0.25) is 0 Å². The van der Waals surface area contributed by atoms with Crippen LogP contribution < -0.4 is 10.6 Å². The molecule has 0 heterocycles. The van der Waals surface area contributed by atoms with E-state index in [1.54, 1.807) is 24.3 Å². The van der Waals surface area contributed by atoms with Gasteiger partial charge >= 0.3 is 6.03 Å². The SMILES string of the molecule is CC(C)NC(=O)Nc1ccc(C(=O)N(CC#N)Cc2ccccc2)cc1. The Bertz CT molecular complexity index is 780. The Morgan fingerprint density at radius 3 is 2.31 bits per heavy atom. The molecule has 6 heteroatoms. The molecule has 134 valence electrons. The van der Waals surface area contributed by atoms with Gasteiger partial charge in [-0.25, -0.2) is 4.79 Å². The molecule has 0 fully saturated rings. The molecule has 0 aromatic heterocycles. The van der Waals surface area contributed by atoms with Crippen molar-refractivity contribution >= 4 is 17.6 Å². The molecule has 2 aromatic carbocycles. The normalized spacial score (nSPS) is 10.1. The monoisotopic (exact) mass is 350 g/mol. The summed E-state index contributed by atoms with van der Waals surface area (Å²) in [4.78, 5) is 25.9. The summed E-state index contributed by atoms with van der Waals surface area (Å²) < 4.78 is 0. The van der Waals surface area contributed by atoms with Gasteiger partial charge in [0.25, 0.3) is 5.91 Å². The zero-order valence-electron chi connectivity index (χ0n) is 14.9. The topological polar surface area (TPSA) is 85.2 Å². The lowest BCUT2D eigenvalue weighted by atomic mass is 10.1. The number of urea groups is 1. The van der Waals surface area contributed by atoms with Crippen LogP contribution in [0.3, 0.4) is 0 Å². The van der Waals surface area contributed by atoms with Gasteiger partial charge in [-0.1, -0.05) is 30.3 Å². The summed E-state index contributed by atoms with van der Waals surface area (Å²) in [7, 11) is 0. The molecular formula is C20H22N4O2. The highest BCUT2D eigenvalue weighted by atomic mass is 16.2. The van der Waals surface area contributed by atoms with Gasteiger partial charge in [-0.05, 0) is 43.7 Å². The first-order valence-corrected chi connectivity index (χ1v) is 8.37. The largest absolute Gasteiger partial charge is 0.336 e. The lowest BCUT2D eigenvalue weighted by molar-refractivity contribution is 0.0765. The molecule has 0 saturated heterocycles. The Morgan fingerprint density at radius 1 is 1.08 bits per heavy atom. The number of nitrogens with one attached hydrogen (secondary N) is 2. The Labute approximate surface area is 153 Å². The Hall–Kier alpha value is -3.33. The molecule has 3 amide bonds. The van der Waals surface area contributed by atoms with Crippen molar-refractivity contribution in [3.63, 3.8) is 0 Å². The molecule has 0 unspecified atom stereocenters. The van der Waals surface area contributed by atoms with Crippen molar-refractivity contribution in [3.05, 3.63) is 65.7 Å². The first kappa shape index (κ1) is 19.0. The van der Waals surface area contributed by atoms with Gasteiger partial charge in [0.15, 0.2) is 0 Å². The van der Waals surface area contributed by atoms with Crippen LogP contribution in [0.25, 0.3) is 0 Å².